The zero-order valence-corrected chi connectivity index (χ0v) is 13.2. The van der Waals surface area contributed by atoms with Crippen molar-refractivity contribution in [1.82, 2.24) is 0 Å². The molecule has 0 aromatic heterocycles. The third-order valence-electron chi connectivity index (χ3n) is 3.90. The molecule has 0 fully saturated rings. The van der Waals surface area contributed by atoms with Crippen LogP contribution in [0.3, 0.4) is 0 Å². The van der Waals surface area contributed by atoms with Gasteiger partial charge in [-0.1, -0.05) is 41.9 Å². The van der Waals surface area contributed by atoms with Crippen molar-refractivity contribution in [2.24, 2.45) is 0 Å². The number of carbonyl (C=O) groups excluding carboxylic acids is 1. The second-order valence-corrected chi connectivity index (χ2v) is 6.34. The number of fused-ring (bicyclic) bond motifs is 1. The summed E-state index contributed by atoms with van der Waals surface area (Å²) < 4.78 is 0.772. The van der Waals surface area contributed by atoms with Crippen LogP contribution >= 0.6 is 27.5 Å². The van der Waals surface area contributed by atoms with Crippen LogP contribution in [0, 0.1) is 0 Å². The van der Waals surface area contributed by atoms with E-state index in [4.69, 9.17) is 11.6 Å². The van der Waals surface area contributed by atoms with E-state index in [1.807, 2.05) is 30.3 Å². The first kappa shape index (κ1) is 13.8. The quantitative estimate of drug-likeness (QED) is 0.663. The molecule has 0 amide bonds. The summed E-state index contributed by atoms with van der Waals surface area (Å²) in [5.74, 6) is 0.0650. The Kier molecular flexibility index (Phi) is 3.95. The van der Waals surface area contributed by atoms with Crippen LogP contribution in [0.2, 0.25) is 5.02 Å². The van der Waals surface area contributed by atoms with Crippen molar-refractivity contribution in [2.45, 2.75) is 25.2 Å². The van der Waals surface area contributed by atoms with Gasteiger partial charge in [-0.05, 0) is 58.5 Å². The first-order chi connectivity index (χ1) is 9.68. The Hall–Kier alpha value is -1.12. The van der Waals surface area contributed by atoms with Crippen molar-refractivity contribution in [3.8, 4) is 0 Å². The number of halogens is 2. The molecule has 1 atom stereocenters. The molecule has 2 aromatic rings. The molecule has 0 bridgehead atoms. The van der Waals surface area contributed by atoms with Gasteiger partial charge in [0.1, 0.15) is 0 Å². The lowest BCUT2D eigenvalue weighted by Gasteiger charge is -2.24. The van der Waals surface area contributed by atoms with Crippen molar-refractivity contribution in [3.05, 3.63) is 68.7 Å². The SMILES string of the molecule is O=C(c1cccc(Br)c1Cl)C1CCCc2ccccc21. The molecule has 0 N–H and O–H groups in total. The molecule has 0 aliphatic heterocycles. The van der Waals surface area contributed by atoms with Crippen molar-refractivity contribution in [3.63, 3.8) is 0 Å². The highest BCUT2D eigenvalue weighted by molar-refractivity contribution is 9.10. The standard InChI is InChI=1S/C17H14BrClO/c18-15-10-4-9-14(16(15)19)17(20)13-8-3-6-11-5-1-2-7-12(11)13/h1-2,4-5,7,9-10,13H,3,6,8H2. The van der Waals surface area contributed by atoms with Crippen molar-refractivity contribution in [2.75, 3.05) is 0 Å². The van der Waals surface area contributed by atoms with E-state index in [1.165, 1.54) is 11.1 Å². The molecule has 0 heterocycles. The Morgan fingerprint density at radius 1 is 1.15 bits per heavy atom. The van der Waals surface area contributed by atoms with Crippen LogP contribution in [0.25, 0.3) is 0 Å². The van der Waals surface area contributed by atoms with Crippen LogP contribution in [-0.4, -0.2) is 5.78 Å². The Labute approximate surface area is 132 Å². The molecule has 1 aliphatic carbocycles. The average molecular weight is 350 g/mol. The summed E-state index contributed by atoms with van der Waals surface area (Å²) >= 11 is 9.65. The van der Waals surface area contributed by atoms with Crippen molar-refractivity contribution < 1.29 is 4.79 Å². The minimum atomic E-state index is -0.0632. The Bertz CT molecular complexity index is 666. The Morgan fingerprint density at radius 2 is 1.95 bits per heavy atom. The van der Waals surface area contributed by atoms with Gasteiger partial charge in [-0.25, -0.2) is 0 Å². The minimum absolute atomic E-state index is 0.0632. The second-order valence-electron chi connectivity index (χ2n) is 5.11. The Balaban J connectivity index is 2.02. The molecule has 0 spiro atoms. The summed E-state index contributed by atoms with van der Waals surface area (Å²) in [6, 6.07) is 13.8. The highest BCUT2D eigenvalue weighted by Gasteiger charge is 2.28. The predicted octanol–water partition coefficient (Wildman–Crippen LogP) is 5.41. The zero-order chi connectivity index (χ0) is 14.1. The van der Waals surface area contributed by atoms with Gasteiger partial charge in [0.2, 0.25) is 0 Å². The average Bonchev–Trinajstić information content (AvgIpc) is 2.49. The number of benzene rings is 2. The summed E-state index contributed by atoms with van der Waals surface area (Å²) in [6.45, 7) is 0. The number of ketones is 1. The van der Waals surface area contributed by atoms with Gasteiger partial charge in [0, 0.05) is 16.0 Å². The topological polar surface area (TPSA) is 17.1 Å². The van der Waals surface area contributed by atoms with Gasteiger partial charge in [0.05, 0.1) is 5.02 Å². The maximum absolute atomic E-state index is 12.8. The van der Waals surface area contributed by atoms with Gasteiger partial charge in [-0.15, -0.1) is 0 Å². The van der Waals surface area contributed by atoms with Crippen molar-refractivity contribution >= 4 is 33.3 Å². The van der Waals surface area contributed by atoms with Gasteiger partial charge in [0.25, 0.3) is 0 Å². The van der Waals surface area contributed by atoms with Crippen LogP contribution in [0.1, 0.15) is 40.2 Å². The third kappa shape index (κ3) is 2.43. The molecule has 2 aromatic carbocycles. The van der Waals surface area contributed by atoms with Gasteiger partial charge in [-0.2, -0.15) is 0 Å². The molecule has 3 rings (SSSR count). The highest BCUT2D eigenvalue weighted by Crippen LogP contribution is 2.36. The van der Waals surface area contributed by atoms with E-state index < -0.39 is 0 Å². The van der Waals surface area contributed by atoms with Crippen LogP contribution < -0.4 is 0 Å². The van der Waals surface area contributed by atoms with E-state index >= 15 is 0 Å². The molecule has 0 saturated heterocycles. The van der Waals surface area contributed by atoms with E-state index in [0.717, 1.165) is 23.7 Å². The molecule has 1 unspecified atom stereocenters. The molecule has 20 heavy (non-hydrogen) atoms. The molecular formula is C17H14BrClO. The molecule has 1 nitrogen and oxygen atoms in total. The lowest BCUT2D eigenvalue weighted by Crippen LogP contribution is -2.19. The summed E-state index contributed by atoms with van der Waals surface area (Å²) in [7, 11) is 0. The zero-order valence-electron chi connectivity index (χ0n) is 10.9. The number of hydrogen-bond donors (Lipinski definition) is 0. The number of carbonyl (C=O) groups is 1. The van der Waals surface area contributed by atoms with Crippen LogP contribution in [0.5, 0.6) is 0 Å². The molecule has 102 valence electrons. The summed E-state index contributed by atoms with van der Waals surface area (Å²) in [5, 5.41) is 0.514. The van der Waals surface area contributed by atoms with E-state index in [2.05, 4.69) is 28.1 Å². The maximum atomic E-state index is 12.8. The van der Waals surface area contributed by atoms with E-state index in [1.54, 1.807) is 0 Å². The Morgan fingerprint density at radius 3 is 2.80 bits per heavy atom. The lowest BCUT2D eigenvalue weighted by molar-refractivity contribution is 0.0951. The van der Waals surface area contributed by atoms with Gasteiger partial charge >= 0.3 is 0 Å². The smallest absolute Gasteiger partial charge is 0.171 e. The third-order valence-corrected chi connectivity index (χ3v) is 5.20. The van der Waals surface area contributed by atoms with E-state index in [-0.39, 0.29) is 11.7 Å². The number of rotatable bonds is 2. The van der Waals surface area contributed by atoms with Gasteiger partial charge in [-0.3, -0.25) is 4.79 Å². The van der Waals surface area contributed by atoms with Crippen LogP contribution in [0.4, 0.5) is 0 Å². The van der Waals surface area contributed by atoms with Crippen LogP contribution in [-0.2, 0) is 6.42 Å². The van der Waals surface area contributed by atoms with Crippen LogP contribution in [0.15, 0.2) is 46.9 Å². The molecule has 0 radical (unpaired) electrons. The minimum Gasteiger partial charge on any atom is -0.293 e. The largest absolute Gasteiger partial charge is 0.293 e. The monoisotopic (exact) mass is 348 g/mol. The fraction of sp³-hybridized carbons (Fsp3) is 0.235. The van der Waals surface area contributed by atoms with E-state index in [0.29, 0.717) is 10.6 Å². The lowest BCUT2D eigenvalue weighted by atomic mass is 9.79. The molecule has 3 heteroatoms. The fourth-order valence-corrected chi connectivity index (χ4v) is 3.49. The first-order valence-corrected chi connectivity index (χ1v) is 7.91. The van der Waals surface area contributed by atoms with Gasteiger partial charge < -0.3 is 0 Å². The highest BCUT2D eigenvalue weighted by atomic mass is 79.9. The molecular weight excluding hydrogens is 336 g/mol. The molecule has 0 saturated carbocycles. The predicted molar refractivity (Wildman–Crippen MR) is 85.6 cm³/mol. The summed E-state index contributed by atoms with van der Waals surface area (Å²) in [5.41, 5.74) is 3.07. The second kappa shape index (κ2) is 5.71. The van der Waals surface area contributed by atoms with E-state index in [9.17, 15) is 4.79 Å². The maximum Gasteiger partial charge on any atom is 0.171 e. The molecule has 1 aliphatic rings. The summed E-state index contributed by atoms with van der Waals surface area (Å²) in [4.78, 5) is 12.8. The number of aryl methyl sites for hydroxylation is 1. The summed E-state index contributed by atoms with van der Waals surface area (Å²) in [6.07, 6.45) is 3.02. The first-order valence-electron chi connectivity index (χ1n) is 6.74. The fourth-order valence-electron chi connectivity index (χ4n) is 2.91. The number of Topliss-reactive ketones (excluding diaryl/α,β-unsaturated/α-hetero) is 1. The van der Waals surface area contributed by atoms with Gasteiger partial charge in [0.15, 0.2) is 5.78 Å². The normalized spacial score (nSPS) is 17.6. The number of hydrogen-bond acceptors (Lipinski definition) is 1. The van der Waals surface area contributed by atoms with Crippen molar-refractivity contribution in [1.29, 1.82) is 0 Å².